The van der Waals surface area contributed by atoms with Crippen molar-refractivity contribution in [1.82, 2.24) is 5.43 Å². The minimum absolute atomic E-state index is 0.0755. The van der Waals surface area contributed by atoms with Gasteiger partial charge in [0.05, 0.1) is 5.56 Å². The summed E-state index contributed by atoms with van der Waals surface area (Å²) in [6.45, 7) is 0. The average Bonchev–Trinajstić information content (AvgIpc) is 2.25. The van der Waals surface area contributed by atoms with Crippen molar-refractivity contribution in [2.45, 2.75) is 6.42 Å². The molecule has 0 aromatic heterocycles. The Hall–Kier alpha value is -2.10. The molecule has 0 aliphatic rings. The van der Waals surface area contributed by atoms with Crippen LogP contribution in [0, 0.1) is 0 Å². The molecule has 5 nitrogen and oxygen atoms in total. The van der Waals surface area contributed by atoms with Crippen LogP contribution < -0.4 is 11.3 Å². The lowest BCUT2D eigenvalue weighted by atomic mass is 10.0. The summed E-state index contributed by atoms with van der Waals surface area (Å²) in [5.74, 6) is 5.81. The second-order valence-electron chi connectivity index (χ2n) is 2.81. The summed E-state index contributed by atoms with van der Waals surface area (Å²) in [5, 5.41) is 9.46. The van der Waals surface area contributed by atoms with E-state index in [1.165, 1.54) is 12.1 Å². The molecule has 0 saturated carbocycles. The van der Waals surface area contributed by atoms with E-state index in [1.807, 2.05) is 5.43 Å². The lowest BCUT2D eigenvalue weighted by Gasteiger charge is -2.07. The molecular weight excluding hydrogens is 196 g/mol. The predicted molar refractivity (Wildman–Crippen MR) is 53.7 cm³/mol. The molecule has 0 fully saturated rings. The number of benzene rings is 1. The number of nitrogens with one attached hydrogen (secondary N) is 1. The lowest BCUT2D eigenvalue weighted by Crippen LogP contribution is -2.30. The van der Waals surface area contributed by atoms with E-state index >= 15 is 0 Å². The quantitative estimate of drug-likeness (QED) is 0.279. The number of phenolic OH excluding ortho intramolecular Hbond substituents is 1. The van der Waals surface area contributed by atoms with E-state index in [2.05, 4.69) is 0 Å². The van der Waals surface area contributed by atoms with Gasteiger partial charge >= 0.3 is 0 Å². The number of rotatable bonds is 3. The van der Waals surface area contributed by atoms with Crippen LogP contribution in [0.3, 0.4) is 0 Å². The molecule has 1 aromatic carbocycles. The Morgan fingerprint density at radius 3 is 2.93 bits per heavy atom. The molecule has 0 radical (unpaired) electrons. The minimum atomic E-state index is -0.595. The molecule has 4 N–H and O–H groups in total. The number of hydrazine groups is 1. The highest BCUT2D eigenvalue weighted by Crippen LogP contribution is 2.21. The Morgan fingerprint density at radius 2 is 2.33 bits per heavy atom. The van der Waals surface area contributed by atoms with Gasteiger partial charge in [-0.3, -0.25) is 10.2 Å². The molecule has 0 bridgehead atoms. The van der Waals surface area contributed by atoms with E-state index in [1.54, 1.807) is 18.1 Å². The van der Waals surface area contributed by atoms with Crippen LogP contribution in [0.25, 0.3) is 0 Å². The van der Waals surface area contributed by atoms with E-state index in [9.17, 15) is 14.7 Å². The molecule has 0 aliphatic heterocycles. The Morgan fingerprint density at radius 1 is 1.60 bits per heavy atom. The molecule has 0 spiro atoms. The zero-order valence-electron chi connectivity index (χ0n) is 7.86. The molecule has 0 atom stereocenters. The Balaban J connectivity index is 3.19. The summed E-state index contributed by atoms with van der Waals surface area (Å²) < 4.78 is 0. The lowest BCUT2D eigenvalue weighted by molar-refractivity contribution is 0.0950. The van der Waals surface area contributed by atoms with Crippen LogP contribution in [-0.4, -0.2) is 17.0 Å². The molecule has 1 rings (SSSR count). The molecule has 5 heteroatoms. The Kier molecular flexibility index (Phi) is 3.62. The van der Waals surface area contributed by atoms with Crippen molar-refractivity contribution in [1.29, 1.82) is 0 Å². The number of phenols is 1. The zero-order chi connectivity index (χ0) is 11.3. The summed E-state index contributed by atoms with van der Waals surface area (Å²) in [4.78, 5) is 21.4. The summed E-state index contributed by atoms with van der Waals surface area (Å²) >= 11 is 0. The van der Waals surface area contributed by atoms with Crippen LogP contribution in [0.5, 0.6) is 5.75 Å². The Labute approximate surface area is 86.2 Å². The molecule has 78 valence electrons. The van der Waals surface area contributed by atoms with Crippen LogP contribution >= 0.6 is 0 Å². The first-order valence-electron chi connectivity index (χ1n) is 4.22. The van der Waals surface area contributed by atoms with Crippen molar-refractivity contribution in [2.75, 3.05) is 0 Å². The average molecular weight is 206 g/mol. The second-order valence-corrected chi connectivity index (χ2v) is 2.81. The summed E-state index contributed by atoms with van der Waals surface area (Å²) in [6, 6.07) is 4.58. The predicted octanol–water partition coefficient (Wildman–Crippen LogP) is -0.0740. The van der Waals surface area contributed by atoms with Crippen molar-refractivity contribution in [3.63, 3.8) is 0 Å². The van der Waals surface area contributed by atoms with E-state index in [0.717, 1.165) is 0 Å². The van der Waals surface area contributed by atoms with Gasteiger partial charge in [0, 0.05) is 12.5 Å². The third-order valence-electron chi connectivity index (χ3n) is 1.89. The molecule has 0 aliphatic carbocycles. The molecule has 1 amide bonds. The molecule has 1 aromatic rings. The third kappa shape index (κ3) is 2.43. The van der Waals surface area contributed by atoms with Gasteiger partial charge in [-0.1, -0.05) is 12.1 Å². The number of hydrogen-bond acceptors (Lipinski definition) is 4. The largest absolute Gasteiger partial charge is 0.507 e. The van der Waals surface area contributed by atoms with Gasteiger partial charge in [0.25, 0.3) is 5.91 Å². The smallest absolute Gasteiger partial charge is 0.269 e. The van der Waals surface area contributed by atoms with Crippen LogP contribution in [-0.2, 0) is 11.2 Å². The monoisotopic (exact) mass is 206 g/mol. The zero-order valence-corrected chi connectivity index (χ0v) is 7.86. The highest BCUT2D eigenvalue weighted by Gasteiger charge is 2.13. The fourth-order valence-corrected chi connectivity index (χ4v) is 1.24. The van der Waals surface area contributed by atoms with E-state index < -0.39 is 5.91 Å². The normalized spacial score (nSPS) is 9.13. The van der Waals surface area contributed by atoms with E-state index in [-0.39, 0.29) is 17.7 Å². The number of nitrogens with two attached hydrogens (primary N) is 1. The molecular formula is C10H10N2O3. The van der Waals surface area contributed by atoms with Crippen molar-refractivity contribution in [3.8, 4) is 5.75 Å². The molecule has 0 heterocycles. The second kappa shape index (κ2) is 4.95. The van der Waals surface area contributed by atoms with Gasteiger partial charge in [0.15, 0.2) is 0 Å². The van der Waals surface area contributed by atoms with Gasteiger partial charge < -0.3 is 5.11 Å². The number of nitrogen functional groups attached to an aromatic ring is 1. The van der Waals surface area contributed by atoms with Crippen LogP contribution in [0.4, 0.5) is 0 Å². The number of allylic oxidation sites excluding steroid dienone is 1. The van der Waals surface area contributed by atoms with Gasteiger partial charge in [-0.25, -0.2) is 10.6 Å². The maximum atomic E-state index is 11.3. The first kappa shape index (κ1) is 11.0. The molecule has 0 unspecified atom stereocenters. The number of amides is 1. The van der Waals surface area contributed by atoms with Crippen LogP contribution in [0.15, 0.2) is 24.3 Å². The Bertz CT molecular complexity index is 423. The summed E-state index contributed by atoms with van der Waals surface area (Å²) in [7, 11) is 0. The first-order valence-corrected chi connectivity index (χ1v) is 4.22. The van der Waals surface area contributed by atoms with Crippen LogP contribution in [0.2, 0.25) is 0 Å². The minimum Gasteiger partial charge on any atom is -0.507 e. The van der Waals surface area contributed by atoms with E-state index in [0.29, 0.717) is 5.56 Å². The SMILES string of the molecule is NNC(=O)c1c(O)cccc1CC=C=O. The van der Waals surface area contributed by atoms with Gasteiger partial charge in [-0.15, -0.1) is 0 Å². The standard InChI is InChI=1S/C10H10N2O3/c11-12-10(15)9-7(4-2-6-13)3-1-5-8(9)14/h1-3,5,14H,4,11H2,(H,12,15). The van der Waals surface area contributed by atoms with Gasteiger partial charge in [0.2, 0.25) is 0 Å². The van der Waals surface area contributed by atoms with Gasteiger partial charge in [0.1, 0.15) is 11.7 Å². The summed E-state index contributed by atoms with van der Waals surface area (Å²) in [6.07, 6.45) is 1.45. The van der Waals surface area contributed by atoms with Crippen molar-refractivity contribution < 1.29 is 14.7 Å². The van der Waals surface area contributed by atoms with Gasteiger partial charge in [-0.2, -0.15) is 0 Å². The van der Waals surface area contributed by atoms with Crippen molar-refractivity contribution >= 4 is 11.8 Å². The molecule has 15 heavy (non-hydrogen) atoms. The van der Waals surface area contributed by atoms with Crippen molar-refractivity contribution in [3.05, 3.63) is 35.4 Å². The maximum Gasteiger partial charge on any atom is 0.269 e. The maximum absolute atomic E-state index is 11.3. The topological polar surface area (TPSA) is 92.4 Å². The van der Waals surface area contributed by atoms with E-state index in [4.69, 9.17) is 5.84 Å². The fraction of sp³-hybridized carbons (Fsp3) is 0.100. The third-order valence-corrected chi connectivity index (χ3v) is 1.89. The first-order chi connectivity index (χ1) is 7.20. The van der Waals surface area contributed by atoms with Crippen LogP contribution in [0.1, 0.15) is 15.9 Å². The highest BCUT2D eigenvalue weighted by molar-refractivity contribution is 5.98. The molecule has 0 saturated heterocycles. The number of carbonyl (C=O) groups is 1. The fourth-order valence-electron chi connectivity index (χ4n) is 1.24. The number of carbonyl (C=O) groups excluding carboxylic acids is 2. The summed E-state index contributed by atoms with van der Waals surface area (Å²) in [5.41, 5.74) is 2.52. The highest BCUT2D eigenvalue weighted by atomic mass is 16.3. The van der Waals surface area contributed by atoms with Crippen molar-refractivity contribution in [2.24, 2.45) is 5.84 Å². The van der Waals surface area contributed by atoms with Gasteiger partial charge in [-0.05, 0) is 11.6 Å². The number of hydrogen-bond donors (Lipinski definition) is 3. The number of aromatic hydroxyl groups is 1.